The molecule has 3 aromatic rings. The lowest BCUT2D eigenvalue weighted by Gasteiger charge is -2.21. The predicted octanol–water partition coefficient (Wildman–Crippen LogP) is 5.59. The maximum Gasteiger partial charge on any atom is 0.417 e. The van der Waals surface area contributed by atoms with Crippen LogP contribution in [0.5, 0.6) is 17.2 Å². The van der Waals surface area contributed by atoms with E-state index in [2.05, 4.69) is 6.92 Å². The SMILES string of the molecule is CCCCCCCCCCCCCCOc1c(OC)cc(COC(=O)N(Cc2cc[n+](C)cc2)C(=O)c2ccccc2)cc1OC.[I-]. The second-order valence-electron chi connectivity index (χ2n) is 11.8. The summed E-state index contributed by atoms with van der Waals surface area (Å²) >= 11 is 0. The van der Waals surface area contributed by atoms with Gasteiger partial charge in [0.2, 0.25) is 5.75 Å². The standard InChI is InChI=1S/C38H53N2O6.HI/c1-5-6-7-8-9-10-11-12-13-14-15-19-26-45-36-34(43-3)27-32(28-35(36)44-4)30-46-38(42)40(29-31-22-24-39(2)25-23-31)37(41)33-20-17-16-18-21-33;/h16-18,20-25,27-28H,5-15,19,26,29-30H2,1-4H3;1H/q+1;/p-1. The van der Waals surface area contributed by atoms with Crippen molar-refractivity contribution in [1.29, 1.82) is 0 Å². The van der Waals surface area contributed by atoms with Gasteiger partial charge in [0.05, 0.1) is 27.4 Å². The zero-order valence-corrected chi connectivity index (χ0v) is 30.8. The molecule has 258 valence electrons. The molecule has 0 aliphatic heterocycles. The smallest absolute Gasteiger partial charge is 0.417 e. The summed E-state index contributed by atoms with van der Waals surface area (Å²) in [4.78, 5) is 27.8. The van der Waals surface area contributed by atoms with Gasteiger partial charge in [0, 0.05) is 17.7 Å². The Morgan fingerprint density at radius 2 is 1.26 bits per heavy atom. The molecule has 0 saturated heterocycles. The number of carbonyl (C=O) groups excluding carboxylic acids is 2. The van der Waals surface area contributed by atoms with E-state index in [0.29, 0.717) is 35.0 Å². The number of nitrogens with zero attached hydrogens (tertiary/aromatic N) is 2. The van der Waals surface area contributed by atoms with Gasteiger partial charge < -0.3 is 42.9 Å². The van der Waals surface area contributed by atoms with E-state index >= 15 is 0 Å². The van der Waals surface area contributed by atoms with Crippen molar-refractivity contribution in [2.45, 2.75) is 97.1 Å². The highest BCUT2D eigenvalue weighted by Gasteiger charge is 2.25. The Balaban J connectivity index is 0.00000768. The largest absolute Gasteiger partial charge is 1.00 e. The van der Waals surface area contributed by atoms with Crippen LogP contribution in [0.25, 0.3) is 0 Å². The van der Waals surface area contributed by atoms with Crippen LogP contribution in [0.4, 0.5) is 4.79 Å². The van der Waals surface area contributed by atoms with Crippen LogP contribution in [-0.4, -0.2) is 37.7 Å². The summed E-state index contributed by atoms with van der Waals surface area (Å²) in [5.41, 5.74) is 1.86. The fraction of sp³-hybridized carbons (Fsp3) is 0.500. The molecular formula is C38H53IN2O6. The van der Waals surface area contributed by atoms with E-state index in [1.807, 2.05) is 42.2 Å². The predicted molar refractivity (Wildman–Crippen MR) is 180 cm³/mol. The van der Waals surface area contributed by atoms with Crippen LogP contribution in [-0.2, 0) is 24.9 Å². The average Bonchev–Trinajstić information content (AvgIpc) is 3.09. The summed E-state index contributed by atoms with van der Waals surface area (Å²) in [6.07, 6.45) is 18.4. The van der Waals surface area contributed by atoms with Crippen LogP contribution in [0.2, 0.25) is 0 Å². The molecule has 3 rings (SSSR count). The van der Waals surface area contributed by atoms with Gasteiger partial charge >= 0.3 is 6.09 Å². The number of pyridine rings is 1. The highest BCUT2D eigenvalue weighted by atomic mass is 127. The monoisotopic (exact) mass is 760 g/mol. The number of amides is 2. The first-order valence-corrected chi connectivity index (χ1v) is 16.8. The number of hydrogen-bond donors (Lipinski definition) is 0. The third-order valence-corrected chi connectivity index (χ3v) is 8.00. The minimum absolute atomic E-state index is 0. The summed E-state index contributed by atoms with van der Waals surface area (Å²) in [7, 11) is 5.05. The van der Waals surface area contributed by atoms with Gasteiger partial charge in [-0.1, -0.05) is 95.8 Å². The molecule has 0 bridgehead atoms. The highest BCUT2D eigenvalue weighted by Crippen LogP contribution is 2.39. The number of carbonyl (C=O) groups is 2. The molecule has 0 unspecified atom stereocenters. The number of rotatable bonds is 21. The third kappa shape index (κ3) is 14.1. The molecule has 0 aliphatic carbocycles. The van der Waals surface area contributed by atoms with Crippen LogP contribution in [0.3, 0.4) is 0 Å². The molecule has 0 atom stereocenters. The summed E-state index contributed by atoms with van der Waals surface area (Å²) in [6.45, 7) is 2.82. The van der Waals surface area contributed by atoms with Crippen LogP contribution in [0.15, 0.2) is 67.0 Å². The molecule has 0 N–H and O–H groups in total. The molecule has 0 saturated carbocycles. The van der Waals surface area contributed by atoms with Gasteiger partial charge in [-0.05, 0) is 41.8 Å². The minimum atomic E-state index is -0.743. The van der Waals surface area contributed by atoms with E-state index in [9.17, 15) is 9.59 Å². The lowest BCUT2D eigenvalue weighted by atomic mass is 10.1. The van der Waals surface area contributed by atoms with Crippen molar-refractivity contribution >= 4 is 12.0 Å². The lowest BCUT2D eigenvalue weighted by Crippen LogP contribution is -3.00. The van der Waals surface area contributed by atoms with Gasteiger partial charge in [-0.15, -0.1) is 0 Å². The molecule has 0 radical (unpaired) electrons. The number of benzene rings is 2. The van der Waals surface area contributed by atoms with Crippen LogP contribution < -0.4 is 42.8 Å². The van der Waals surface area contributed by atoms with Crippen molar-refractivity contribution in [2.75, 3.05) is 20.8 Å². The van der Waals surface area contributed by atoms with Crippen molar-refractivity contribution in [3.05, 3.63) is 83.7 Å². The van der Waals surface area contributed by atoms with Gasteiger partial charge in [0.15, 0.2) is 23.9 Å². The van der Waals surface area contributed by atoms with E-state index in [4.69, 9.17) is 18.9 Å². The van der Waals surface area contributed by atoms with Crippen molar-refractivity contribution in [1.82, 2.24) is 4.90 Å². The summed E-state index contributed by atoms with van der Waals surface area (Å²) < 4.78 is 24.9. The quantitative estimate of drug-likeness (QED) is 0.0801. The number of methoxy groups -OCH3 is 2. The van der Waals surface area contributed by atoms with E-state index in [0.717, 1.165) is 23.3 Å². The Morgan fingerprint density at radius 1 is 0.723 bits per heavy atom. The third-order valence-electron chi connectivity index (χ3n) is 8.00. The Morgan fingerprint density at radius 3 is 1.79 bits per heavy atom. The van der Waals surface area contributed by atoms with Crippen molar-refractivity contribution in [2.24, 2.45) is 7.05 Å². The van der Waals surface area contributed by atoms with Gasteiger partial charge in [0.25, 0.3) is 5.91 Å². The van der Waals surface area contributed by atoms with Crippen LogP contribution >= 0.6 is 0 Å². The fourth-order valence-corrected chi connectivity index (χ4v) is 5.28. The van der Waals surface area contributed by atoms with Gasteiger partial charge in [-0.25, -0.2) is 14.3 Å². The molecule has 1 heterocycles. The topological polar surface area (TPSA) is 78.2 Å². The Bertz CT molecular complexity index is 1290. The second-order valence-corrected chi connectivity index (χ2v) is 11.8. The molecule has 9 heteroatoms. The maximum atomic E-state index is 13.3. The summed E-state index contributed by atoms with van der Waals surface area (Å²) in [6, 6.07) is 16.0. The summed E-state index contributed by atoms with van der Waals surface area (Å²) in [5, 5.41) is 0. The molecule has 0 spiro atoms. The Hall–Kier alpha value is -3.34. The van der Waals surface area contributed by atoms with Crippen molar-refractivity contribution < 1.29 is 57.1 Å². The molecular weight excluding hydrogens is 707 g/mol. The summed E-state index contributed by atoms with van der Waals surface area (Å²) in [5.74, 6) is 1.09. The lowest BCUT2D eigenvalue weighted by molar-refractivity contribution is -0.671. The van der Waals surface area contributed by atoms with E-state index < -0.39 is 12.0 Å². The zero-order chi connectivity index (χ0) is 33.0. The molecule has 2 aromatic carbocycles. The van der Waals surface area contributed by atoms with Crippen molar-refractivity contribution in [3.63, 3.8) is 0 Å². The zero-order valence-electron chi connectivity index (χ0n) is 28.7. The van der Waals surface area contributed by atoms with E-state index in [-0.39, 0.29) is 37.1 Å². The maximum absolute atomic E-state index is 13.3. The fourth-order valence-electron chi connectivity index (χ4n) is 5.28. The first kappa shape index (κ1) is 39.8. The molecule has 0 aliphatic rings. The number of aromatic nitrogens is 1. The molecule has 1 aromatic heterocycles. The number of hydrogen-bond acceptors (Lipinski definition) is 6. The van der Waals surface area contributed by atoms with Gasteiger partial charge in [-0.3, -0.25) is 4.79 Å². The second kappa shape index (κ2) is 23.1. The molecule has 0 fully saturated rings. The molecule has 8 nitrogen and oxygen atoms in total. The van der Waals surface area contributed by atoms with Gasteiger partial charge in [0.1, 0.15) is 13.7 Å². The van der Waals surface area contributed by atoms with Crippen LogP contribution in [0, 0.1) is 0 Å². The first-order chi connectivity index (χ1) is 22.5. The Kier molecular flexibility index (Phi) is 19.5. The number of aryl methyl sites for hydroxylation is 1. The van der Waals surface area contributed by atoms with Crippen molar-refractivity contribution in [3.8, 4) is 17.2 Å². The average molecular weight is 761 g/mol. The number of ether oxygens (including phenoxy) is 4. The normalized spacial score (nSPS) is 10.6. The van der Waals surface area contributed by atoms with Crippen LogP contribution in [0.1, 0.15) is 105 Å². The first-order valence-electron chi connectivity index (χ1n) is 16.8. The van der Waals surface area contributed by atoms with E-state index in [1.54, 1.807) is 50.6 Å². The minimum Gasteiger partial charge on any atom is -1.00 e. The number of unbranched alkanes of at least 4 members (excludes halogenated alkanes) is 11. The number of imide groups is 1. The Labute approximate surface area is 298 Å². The van der Waals surface area contributed by atoms with E-state index in [1.165, 1.54) is 64.2 Å². The molecule has 2 amide bonds. The highest BCUT2D eigenvalue weighted by molar-refractivity contribution is 6.02. The molecule has 47 heavy (non-hydrogen) atoms. The van der Waals surface area contributed by atoms with Gasteiger partial charge in [-0.2, -0.15) is 0 Å². The number of halogens is 1.